The van der Waals surface area contributed by atoms with E-state index in [0.717, 1.165) is 6.07 Å². The van der Waals surface area contributed by atoms with Crippen LogP contribution < -0.4 is 0 Å². The molecule has 6 heteroatoms. The van der Waals surface area contributed by atoms with E-state index in [0.29, 0.717) is 22.3 Å². The number of carbonyl (C=O) groups excluding carboxylic acids is 1. The van der Waals surface area contributed by atoms with Gasteiger partial charge in [-0.05, 0) is 67.2 Å². The molecule has 2 rings (SSSR count). The topological polar surface area (TPSA) is 66.8 Å². The van der Waals surface area contributed by atoms with E-state index in [1.54, 1.807) is 26.0 Å². The van der Waals surface area contributed by atoms with E-state index < -0.39 is 34.7 Å². The second-order valence-electron chi connectivity index (χ2n) is 8.22. The van der Waals surface area contributed by atoms with Crippen molar-refractivity contribution in [1.82, 2.24) is 0 Å². The first kappa shape index (κ1) is 23.0. The van der Waals surface area contributed by atoms with Gasteiger partial charge >= 0.3 is 5.97 Å². The zero-order chi connectivity index (χ0) is 22.0. The summed E-state index contributed by atoms with van der Waals surface area (Å²) in [6.45, 7) is 7.08. The second kappa shape index (κ2) is 8.59. The molecule has 0 bridgehead atoms. The van der Waals surface area contributed by atoms with Crippen LogP contribution in [0.2, 0.25) is 0 Å². The summed E-state index contributed by atoms with van der Waals surface area (Å²) in [4.78, 5) is 11.4. The van der Waals surface area contributed by atoms with Gasteiger partial charge in [-0.1, -0.05) is 19.9 Å². The Morgan fingerprint density at radius 2 is 1.86 bits per heavy atom. The predicted molar refractivity (Wildman–Crippen MR) is 107 cm³/mol. The summed E-state index contributed by atoms with van der Waals surface area (Å²) in [5, 5.41) is 22.2. The highest BCUT2D eigenvalue weighted by Gasteiger charge is 2.49. The number of aliphatic hydroxyl groups is 2. The minimum atomic E-state index is -1.42. The maximum Gasteiger partial charge on any atom is 0.330 e. The lowest BCUT2D eigenvalue weighted by atomic mass is 9.61. The average Bonchev–Trinajstić information content (AvgIpc) is 2.61. The fourth-order valence-corrected chi connectivity index (χ4v) is 3.84. The maximum absolute atomic E-state index is 13.6. The summed E-state index contributed by atoms with van der Waals surface area (Å²) in [5.41, 5.74) is -0.116. The van der Waals surface area contributed by atoms with Crippen molar-refractivity contribution in [3.8, 4) is 0 Å². The number of halogens is 2. The molecule has 0 fully saturated rings. The minimum Gasteiger partial charge on any atom is -0.466 e. The Morgan fingerprint density at radius 1 is 1.28 bits per heavy atom. The number of esters is 1. The van der Waals surface area contributed by atoms with Gasteiger partial charge in [0.25, 0.3) is 0 Å². The third kappa shape index (κ3) is 5.00. The van der Waals surface area contributed by atoms with E-state index in [9.17, 15) is 23.8 Å². The number of aliphatic hydroxyl groups excluding tert-OH is 1. The first-order valence-corrected chi connectivity index (χ1v) is 9.40. The van der Waals surface area contributed by atoms with Gasteiger partial charge in [-0.3, -0.25) is 0 Å². The highest BCUT2D eigenvalue weighted by Crippen LogP contribution is 2.48. The molecule has 158 valence electrons. The van der Waals surface area contributed by atoms with E-state index in [-0.39, 0.29) is 12.8 Å². The molecule has 0 heterocycles. The van der Waals surface area contributed by atoms with Crippen molar-refractivity contribution in [3.05, 3.63) is 70.3 Å². The van der Waals surface area contributed by atoms with Gasteiger partial charge < -0.3 is 14.9 Å². The van der Waals surface area contributed by atoms with Crippen molar-refractivity contribution >= 4 is 5.97 Å². The second-order valence-corrected chi connectivity index (χ2v) is 8.22. The number of methoxy groups -OCH3 is 1. The molecule has 1 aromatic carbocycles. The molecule has 1 aromatic rings. The molecule has 4 nitrogen and oxygen atoms in total. The standard InChI is InChI=1S/C23H28F2O4/c1-14(8-21(27)29-5)6-7-23(28)15(2)19(20(26)13-22(23,3)4)11-16-9-17(24)12-18(25)10-16/h6-10,12,20,26,28H,11,13H2,1-5H3/b7-6+,14-8-/t20?,23-/m1/s1. The number of hydrogen-bond acceptors (Lipinski definition) is 4. The van der Waals surface area contributed by atoms with Crippen LogP contribution in [0.1, 0.15) is 39.7 Å². The first-order valence-electron chi connectivity index (χ1n) is 9.40. The zero-order valence-electron chi connectivity index (χ0n) is 17.4. The molecule has 2 N–H and O–H groups in total. The average molecular weight is 406 g/mol. The third-order valence-corrected chi connectivity index (χ3v) is 5.64. The number of rotatable bonds is 5. The normalized spacial score (nSPS) is 24.9. The molecule has 0 spiro atoms. The smallest absolute Gasteiger partial charge is 0.330 e. The van der Waals surface area contributed by atoms with Gasteiger partial charge in [0.2, 0.25) is 0 Å². The molecule has 0 amide bonds. The number of allylic oxidation sites excluding steroid dienone is 2. The fourth-order valence-electron chi connectivity index (χ4n) is 3.84. The van der Waals surface area contributed by atoms with Crippen molar-refractivity contribution in [2.24, 2.45) is 5.41 Å². The molecule has 1 aliphatic carbocycles. The van der Waals surface area contributed by atoms with Crippen molar-refractivity contribution in [2.45, 2.75) is 52.2 Å². The Morgan fingerprint density at radius 3 is 2.41 bits per heavy atom. The quantitative estimate of drug-likeness (QED) is 0.335. The Hall–Kier alpha value is -2.31. The summed E-state index contributed by atoms with van der Waals surface area (Å²) < 4.78 is 31.7. The Kier molecular flexibility index (Phi) is 6.81. The molecule has 29 heavy (non-hydrogen) atoms. The molecule has 0 saturated heterocycles. The van der Waals surface area contributed by atoms with E-state index >= 15 is 0 Å². The number of ether oxygens (including phenoxy) is 1. The van der Waals surface area contributed by atoms with Gasteiger partial charge in [-0.15, -0.1) is 0 Å². The Balaban J connectivity index is 2.48. The monoisotopic (exact) mass is 406 g/mol. The van der Waals surface area contributed by atoms with Crippen LogP contribution in [0.25, 0.3) is 0 Å². The van der Waals surface area contributed by atoms with E-state index in [1.165, 1.54) is 25.3 Å². The lowest BCUT2D eigenvalue weighted by Crippen LogP contribution is -2.50. The van der Waals surface area contributed by atoms with Crippen LogP contribution in [0, 0.1) is 17.0 Å². The van der Waals surface area contributed by atoms with E-state index in [2.05, 4.69) is 4.74 Å². The van der Waals surface area contributed by atoms with Crippen molar-refractivity contribution < 1.29 is 28.5 Å². The summed E-state index contributed by atoms with van der Waals surface area (Å²) in [5.74, 6) is -1.89. The van der Waals surface area contributed by atoms with Crippen LogP contribution in [-0.4, -0.2) is 35.0 Å². The number of hydrogen-bond donors (Lipinski definition) is 2. The van der Waals surface area contributed by atoms with Gasteiger partial charge in [0, 0.05) is 17.6 Å². The van der Waals surface area contributed by atoms with Gasteiger partial charge in [0.15, 0.2) is 0 Å². The number of benzene rings is 1. The first-order chi connectivity index (χ1) is 13.4. The predicted octanol–water partition coefficient (Wildman–Crippen LogP) is 4.02. The molecule has 0 aliphatic heterocycles. The molecule has 0 aromatic heterocycles. The third-order valence-electron chi connectivity index (χ3n) is 5.64. The Labute approximate surface area is 170 Å². The van der Waals surface area contributed by atoms with Gasteiger partial charge in [-0.2, -0.15) is 0 Å². The molecule has 1 aliphatic rings. The number of carbonyl (C=O) groups is 1. The summed E-state index contributed by atoms with van der Waals surface area (Å²) in [7, 11) is 1.28. The van der Waals surface area contributed by atoms with Crippen LogP contribution in [0.4, 0.5) is 8.78 Å². The highest BCUT2D eigenvalue weighted by molar-refractivity contribution is 5.83. The van der Waals surface area contributed by atoms with Gasteiger partial charge in [0.05, 0.1) is 13.2 Å². The molecular weight excluding hydrogens is 378 g/mol. The summed E-state index contributed by atoms with van der Waals surface area (Å²) in [6, 6.07) is 3.22. The van der Waals surface area contributed by atoms with Crippen molar-refractivity contribution in [2.75, 3.05) is 7.11 Å². The van der Waals surface area contributed by atoms with Crippen molar-refractivity contribution in [1.29, 1.82) is 0 Å². The molecular formula is C23H28F2O4. The van der Waals surface area contributed by atoms with Crippen LogP contribution in [0.5, 0.6) is 0 Å². The van der Waals surface area contributed by atoms with E-state index in [4.69, 9.17) is 0 Å². The van der Waals surface area contributed by atoms with Crippen LogP contribution >= 0.6 is 0 Å². The molecule has 1 unspecified atom stereocenters. The molecule has 0 radical (unpaired) electrons. The SMILES string of the molecule is COC(=O)/C=C(C)\C=C\[C@@]1(O)C(C)=C(Cc2cc(F)cc(F)c2)C(O)CC1(C)C. The fraction of sp³-hybridized carbons (Fsp3) is 0.435. The van der Waals surface area contributed by atoms with Crippen LogP contribution in [0.15, 0.2) is 53.1 Å². The summed E-state index contributed by atoms with van der Waals surface area (Å²) in [6.07, 6.45) is 4.05. The highest BCUT2D eigenvalue weighted by atomic mass is 19.1. The zero-order valence-corrected chi connectivity index (χ0v) is 17.4. The van der Waals surface area contributed by atoms with Gasteiger partial charge in [0.1, 0.15) is 17.2 Å². The van der Waals surface area contributed by atoms with Crippen LogP contribution in [-0.2, 0) is 16.0 Å². The lowest BCUT2D eigenvalue weighted by Gasteiger charge is -2.48. The van der Waals surface area contributed by atoms with E-state index in [1.807, 2.05) is 13.8 Å². The molecule has 0 saturated carbocycles. The minimum absolute atomic E-state index is 0.116. The largest absolute Gasteiger partial charge is 0.466 e. The van der Waals surface area contributed by atoms with Gasteiger partial charge in [-0.25, -0.2) is 13.6 Å². The Bertz CT molecular complexity index is 863. The molecule has 2 atom stereocenters. The van der Waals surface area contributed by atoms with Crippen LogP contribution in [0.3, 0.4) is 0 Å². The lowest BCUT2D eigenvalue weighted by molar-refractivity contribution is -0.134. The maximum atomic E-state index is 13.6. The van der Waals surface area contributed by atoms with Crippen molar-refractivity contribution in [3.63, 3.8) is 0 Å². The summed E-state index contributed by atoms with van der Waals surface area (Å²) >= 11 is 0.